The van der Waals surface area contributed by atoms with Crippen molar-refractivity contribution in [3.63, 3.8) is 0 Å². The molecule has 0 rings (SSSR count). The van der Waals surface area contributed by atoms with Crippen molar-refractivity contribution in [1.29, 1.82) is 0 Å². The molecular formula is C10H21NO6S. The zero-order valence-corrected chi connectivity index (χ0v) is 11.8. The van der Waals surface area contributed by atoms with Gasteiger partial charge in [0.25, 0.3) is 0 Å². The van der Waals surface area contributed by atoms with Gasteiger partial charge in [0, 0.05) is 12.6 Å². The molecule has 0 aromatic heterocycles. The molecule has 0 aliphatic heterocycles. The number of hydrogen-bond acceptors (Lipinski definition) is 6. The SMILES string of the molecule is CCCOCN(C(C)CC)S(=O)(=O)OC(=O)CO. The van der Waals surface area contributed by atoms with Gasteiger partial charge in [-0.15, -0.1) is 4.31 Å². The topological polar surface area (TPSA) is 93.1 Å². The second-order valence-corrected chi connectivity index (χ2v) is 5.24. The smallest absolute Gasteiger partial charge is 0.385 e. The zero-order valence-electron chi connectivity index (χ0n) is 11.0. The Bertz CT molecular complexity index is 342. The average Bonchev–Trinajstić information content (AvgIpc) is 2.32. The molecule has 0 aromatic carbocycles. The van der Waals surface area contributed by atoms with E-state index in [2.05, 4.69) is 4.18 Å². The lowest BCUT2D eigenvalue weighted by Crippen LogP contribution is -2.42. The molecule has 0 aromatic rings. The van der Waals surface area contributed by atoms with Crippen molar-refractivity contribution in [2.45, 2.75) is 39.7 Å². The number of ether oxygens (including phenoxy) is 1. The first-order valence-electron chi connectivity index (χ1n) is 5.81. The number of carbonyl (C=O) groups is 1. The van der Waals surface area contributed by atoms with E-state index in [4.69, 9.17) is 9.84 Å². The van der Waals surface area contributed by atoms with Gasteiger partial charge in [-0.05, 0) is 19.8 Å². The molecule has 7 nitrogen and oxygen atoms in total. The maximum atomic E-state index is 11.8. The van der Waals surface area contributed by atoms with Crippen LogP contribution in [0, 0.1) is 0 Å². The highest BCUT2D eigenvalue weighted by Crippen LogP contribution is 2.12. The van der Waals surface area contributed by atoms with Crippen LogP contribution in [0.15, 0.2) is 0 Å². The van der Waals surface area contributed by atoms with E-state index in [0.717, 1.165) is 10.7 Å². The molecular weight excluding hydrogens is 262 g/mol. The molecule has 1 atom stereocenters. The third kappa shape index (κ3) is 5.76. The number of rotatable bonds is 9. The highest BCUT2D eigenvalue weighted by atomic mass is 32.2. The van der Waals surface area contributed by atoms with Gasteiger partial charge in [-0.1, -0.05) is 13.8 Å². The van der Waals surface area contributed by atoms with Gasteiger partial charge in [0.2, 0.25) is 0 Å². The van der Waals surface area contributed by atoms with Gasteiger partial charge in [0.05, 0.1) is 0 Å². The van der Waals surface area contributed by atoms with Crippen molar-refractivity contribution in [3.8, 4) is 0 Å². The zero-order chi connectivity index (χ0) is 14.2. The molecule has 0 bridgehead atoms. The van der Waals surface area contributed by atoms with Crippen LogP contribution < -0.4 is 0 Å². The lowest BCUT2D eigenvalue weighted by molar-refractivity contribution is -0.137. The standard InChI is InChI=1S/C10H21NO6S/c1-4-6-16-8-11(9(3)5-2)18(14,15)17-10(13)7-12/h9,12H,4-8H2,1-3H3. The van der Waals surface area contributed by atoms with Gasteiger partial charge in [0.15, 0.2) is 0 Å². The summed E-state index contributed by atoms with van der Waals surface area (Å²) in [5, 5.41) is 8.50. The number of hydrogen-bond donors (Lipinski definition) is 1. The second-order valence-electron chi connectivity index (χ2n) is 3.75. The largest absolute Gasteiger partial charge is 0.389 e. The van der Waals surface area contributed by atoms with Crippen molar-refractivity contribution < 1.29 is 27.2 Å². The summed E-state index contributed by atoms with van der Waals surface area (Å²) in [6, 6.07) is -0.363. The Morgan fingerprint density at radius 2 is 2.00 bits per heavy atom. The molecule has 0 radical (unpaired) electrons. The summed E-state index contributed by atoms with van der Waals surface area (Å²) in [4.78, 5) is 10.9. The van der Waals surface area contributed by atoms with E-state index in [1.165, 1.54) is 0 Å². The summed E-state index contributed by atoms with van der Waals surface area (Å²) >= 11 is 0. The fourth-order valence-electron chi connectivity index (χ4n) is 1.11. The predicted octanol–water partition coefficient (Wildman–Crippen LogP) is 0.251. The van der Waals surface area contributed by atoms with Gasteiger partial charge in [0.1, 0.15) is 13.3 Å². The van der Waals surface area contributed by atoms with Crippen LogP contribution in [-0.4, -0.2) is 49.8 Å². The third-order valence-electron chi connectivity index (χ3n) is 2.26. The molecule has 8 heteroatoms. The maximum Gasteiger partial charge on any atom is 0.389 e. The molecule has 0 aliphatic carbocycles. The van der Waals surface area contributed by atoms with E-state index < -0.39 is 22.9 Å². The van der Waals surface area contributed by atoms with E-state index in [1.54, 1.807) is 13.8 Å². The van der Waals surface area contributed by atoms with Crippen LogP contribution in [0.2, 0.25) is 0 Å². The first kappa shape index (κ1) is 17.3. The monoisotopic (exact) mass is 283 g/mol. The molecule has 0 saturated heterocycles. The highest BCUT2D eigenvalue weighted by Gasteiger charge is 2.30. The summed E-state index contributed by atoms with van der Waals surface area (Å²) in [5.41, 5.74) is 0. The van der Waals surface area contributed by atoms with E-state index >= 15 is 0 Å². The Hall–Kier alpha value is -0.700. The minimum Gasteiger partial charge on any atom is -0.385 e. The summed E-state index contributed by atoms with van der Waals surface area (Å²) in [6.07, 6.45) is 1.30. The molecule has 0 saturated carbocycles. The summed E-state index contributed by atoms with van der Waals surface area (Å²) in [6.45, 7) is 4.64. The van der Waals surface area contributed by atoms with Gasteiger partial charge < -0.3 is 14.0 Å². The van der Waals surface area contributed by atoms with Crippen LogP contribution in [0.25, 0.3) is 0 Å². The summed E-state index contributed by atoms with van der Waals surface area (Å²) in [5.74, 6) is -1.21. The number of nitrogens with zero attached hydrogens (tertiary/aromatic N) is 1. The molecule has 0 spiro atoms. The van der Waals surface area contributed by atoms with Gasteiger partial charge >= 0.3 is 16.3 Å². The Kier molecular flexibility index (Phi) is 8.08. The Labute approximate surface area is 108 Å². The van der Waals surface area contributed by atoms with Gasteiger partial charge in [-0.3, -0.25) is 0 Å². The van der Waals surface area contributed by atoms with E-state index in [-0.39, 0.29) is 12.8 Å². The van der Waals surface area contributed by atoms with E-state index in [1.807, 2.05) is 6.92 Å². The predicted molar refractivity (Wildman–Crippen MR) is 64.8 cm³/mol. The molecule has 108 valence electrons. The molecule has 0 heterocycles. The maximum absolute atomic E-state index is 11.8. The lowest BCUT2D eigenvalue weighted by atomic mass is 10.3. The highest BCUT2D eigenvalue weighted by molar-refractivity contribution is 7.84. The first-order valence-corrected chi connectivity index (χ1v) is 7.18. The van der Waals surface area contributed by atoms with Crippen molar-refractivity contribution in [2.24, 2.45) is 0 Å². The van der Waals surface area contributed by atoms with Crippen LogP contribution in [0.5, 0.6) is 0 Å². The molecule has 0 aliphatic rings. The molecule has 1 unspecified atom stereocenters. The number of aliphatic hydroxyl groups excluding tert-OH is 1. The fourth-order valence-corrected chi connectivity index (χ4v) is 2.28. The van der Waals surface area contributed by atoms with Crippen molar-refractivity contribution in [1.82, 2.24) is 4.31 Å². The average molecular weight is 283 g/mol. The normalized spacial score (nSPS) is 13.6. The molecule has 0 fully saturated rings. The van der Waals surface area contributed by atoms with Crippen LogP contribution in [-0.2, 0) is 24.0 Å². The summed E-state index contributed by atoms with van der Waals surface area (Å²) < 4.78 is 33.9. The van der Waals surface area contributed by atoms with Crippen molar-refractivity contribution >= 4 is 16.3 Å². The molecule has 0 amide bonds. The Morgan fingerprint density at radius 1 is 1.39 bits per heavy atom. The number of carbonyl (C=O) groups excluding carboxylic acids is 1. The number of aliphatic hydroxyl groups is 1. The van der Waals surface area contributed by atoms with Gasteiger partial charge in [-0.25, -0.2) is 4.79 Å². The Balaban J connectivity index is 4.76. The van der Waals surface area contributed by atoms with E-state index in [0.29, 0.717) is 13.0 Å². The van der Waals surface area contributed by atoms with Gasteiger partial charge in [-0.2, -0.15) is 8.42 Å². The third-order valence-corrected chi connectivity index (χ3v) is 3.70. The summed E-state index contributed by atoms with van der Waals surface area (Å²) in [7, 11) is -4.23. The minimum atomic E-state index is -4.23. The molecule has 1 N–H and O–H groups in total. The van der Waals surface area contributed by atoms with E-state index in [9.17, 15) is 13.2 Å². The second kappa shape index (κ2) is 8.41. The van der Waals surface area contributed by atoms with Crippen LogP contribution in [0.1, 0.15) is 33.6 Å². The molecule has 18 heavy (non-hydrogen) atoms. The van der Waals surface area contributed by atoms with Crippen molar-refractivity contribution in [2.75, 3.05) is 19.9 Å². The van der Waals surface area contributed by atoms with Crippen molar-refractivity contribution in [3.05, 3.63) is 0 Å². The van der Waals surface area contributed by atoms with Crippen LogP contribution in [0.3, 0.4) is 0 Å². The van der Waals surface area contributed by atoms with Crippen LogP contribution in [0.4, 0.5) is 0 Å². The van der Waals surface area contributed by atoms with Crippen LogP contribution >= 0.6 is 0 Å². The Morgan fingerprint density at radius 3 is 2.44 bits per heavy atom. The minimum absolute atomic E-state index is 0.177. The lowest BCUT2D eigenvalue weighted by Gasteiger charge is -2.25. The first-order chi connectivity index (χ1) is 8.38. The fraction of sp³-hybridized carbons (Fsp3) is 0.900. The quantitative estimate of drug-likeness (QED) is 0.481.